The van der Waals surface area contributed by atoms with Gasteiger partial charge in [0.25, 0.3) is 0 Å². The molecule has 0 saturated heterocycles. The number of hydrogen-bond donors (Lipinski definition) is 0. The number of carbonyl (C=O) groups is 1. The summed E-state index contributed by atoms with van der Waals surface area (Å²) in [7, 11) is 1.20. The molecule has 0 N–H and O–H groups in total. The van der Waals surface area contributed by atoms with E-state index in [0.29, 0.717) is 14.7 Å². The van der Waals surface area contributed by atoms with Crippen LogP contribution in [0.4, 0.5) is 4.39 Å². The molecule has 0 amide bonds. The number of aromatic nitrogens is 1. The number of benzene rings is 1. The first-order valence-corrected chi connectivity index (χ1v) is 5.15. The van der Waals surface area contributed by atoms with Gasteiger partial charge in [-0.05, 0) is 6.07 Å². The Kier molecular flexibility index (Phi) is 2.58. The maximum absolute atomic E-state index is 13.4. The quantitative estimate of drug-likeness (QED) is 0.726. The Morgan fingerprint density at radius 2 is 2.33 bits per heavy atom. The number of hydrogen-bond acceptors (Lipinski definition) is 4. The van der Waals surface area contributed by atoms with Crippen molar-refractivity contribution >= 4 is 39.1 Å². The minimum atomic E-state index is -0.709. The van der Waals surface area contributed by atoms with Gasteiger partial charge in [-0.3, -0.25) is 0 Å². The molecular weight excluding hydrogens is 241 g/mol. The fraction of sp³-hybridized carbons (Fsp3) is 0.111. The van der Waals surface area contributed by atoms with Crippen molar-refractivity contribution < 1.29 is 13.9 Å². The highest BCUT2D eigenvalue weighted by molar-refractivity contribution is 7.22. The molecule has 0 radical (unpaired) electrons. The van der Waals surface area contributed by atoms with E-state index in [2.05, 4.69) is 9.72 Å². The van der Waals surface area contributed by atoms with Crippen LogP contribution >= 0.6 is 22.9 Å². The first-order chi connectivity index (χ1) is 7.11. The van der Waals surface area contributed by atoms with Crippen molar-refractivity contribution in [3.63, 3.8) is 0 Å². The van der Waals surface area contributed by atoms with Crippen molar-refractivity contribution in [2.24, 2.45) is 0 Å². The number of fused-ring (bicyclic) bond motifs is 1. The van der Waals surface area contributed by atoms with Gasteiger partial charge in [0, 0.05) is 6.07 Å². The predicted molar refractivity (Wildman–Crippen MR) is 55.9 cm³/mol. The monoisotopic (exact) mass is 245 g/mol. The van der Waals surface area contributed by atoms with Gasteiger partial charge in [-0.15, -0.1) is 11.3 Å². The van der Waals surface area contributed by atoms with Gasteiger partial charge in [0.2, 0.25) is 0 Å². The molecular formula is C9H5ClFNO2S. The molecule has 78 valence electrons. The van der Waals surface area contributed by atoms with E-state index in [4.69, 9.17) is 11.6 Å². The molecule has 0 aliphatic carbocycles. The first kappa shape index (κ1) is 10.3. The van der Waals surface area contributed by atoms with Gasteiger partial charge in [0.1, 0.15) is 5.82 Å². The average Bonchev–Trinajstić information content (AvgIpc) is 2.55. The van der Waals surface area contributed by atoms with Gasteiger partial charge in [-0.2, -0.15) is 0 Å². The van der Waals surface area contributed by atoms with E-state index in [9.17, 15) is 9.18 Å². The van der Waals surface area contributed by atoms with E-state index in [1.807, 2.05) is 0 Å². The van der Waals surface area contributed by atoms with Crippen LogP contribution in [0.15, 0.2) is 12.1 Å². The summed E-state index contributed by atoms with van der Waals surface area (Å²) in [6.45, 7) is 0. The molecule has 2 aromatic rings. The topological polar surface area (TPSA) is 39.2 Å². The fourth-order valence-corrected chi connectivity index (χ4v) is 2.24. The molecule has 1 aromatic carbocycles. The smallest absolute Gasteiger partial charge is 0.340 e. The van der Waals surface area contributed by atoms with Crippen molar-refractivity contribution in [1.82, 2.24) is 4.98 Å². The number of methoxy groups -OCH3 is 1. The minimum Gasteiger partial charge on any atom is -0.465 e. The number of ether oxygens (including phenoxy) is 1. The third-order valence-corrected chi connectivity index (χ3v) is 2.98. The average molecular weight is 246 g/mol. The highest BCUT2D eigenvalue weighted by Crippen LogP contribution is 2.28. The van der Waals surface area contributed by atoms with Crippen LogP contribution < -0.4 is 0 Å². The second kappa shape index (κ2) is 3.75. The van der Waals surface area contributed by atoms with Crippen molar-refractivity contribution in [3.8, 4) is 0 Å². The van der Waals surface area contributed by atoms with Crippen LogP contribution in [0.2, 0.25) is 4.47 Å². The van der Waals surface area contributed by atoms with E-state index in [-0.39, 0.29) is 5.56 Å². The number of thiazole rings is 1. The lowest BCUT2D eigenvalue weighted by atomic mass is 10.2. The predicted octanol–water partition coefficient (Wildman–Crippen LogP) is 2.88. The number of nitrogens with zero attached hydrogens (tertiary/aromatic N) is 1. The molecule has 0 bridgehead atoms. The van der Waals surface area contributed by atoms with Crippen LogP contribution in [0, 0.1) is 5.82 Å². The number of esters is 1. The maximum atomic E-state index is 13.4. The van der Waals surface area contributed by atoms with Gasteiger partial charge < -0.3 is 4.74 Å². The summed E-state index contributed by atoms with van der Waals surface area (Å²) in [4.78, 5) is 15.1. The summed E-state index contributed by atoms with van der Waals surface area (Å²) in [5, 5.41) is 0. The second-order valence-electron chi connectivity index (χ2n) is 2.76. The van der Waals surface area contributed by atoms with Gasteiger partial charge in [-0.1, -0.05) is 11.6 Å². The lowest BCUT2D eigenvalue weighted by Gasteiger charge is -1.99. The zero-order chi connectivity index (χ0) is 11.0. The molecule has 3 nitrogen and oxygen atoms in total. The van der Waals surface area contributed by atoms with Crippen LogP contribution in [-0.4, -0.2) is 18.1 Å². The highest BCUT2D eigenvalue weighted by atomic mass is 35.5. The first-order valence-electron chi connectivity index (χ1n) is 3.95. The molecule has 15 heavy (non-hydrogen) atoms. The number of halogens is 2. The van der Waals surface area contributed by atoms with E-state index in [1.165, 1.54) is 30.6 Å². The van der Waals surface area contributed by atoms with Gasteiger partial charge in [0.05, 0.1) is 22.9 Å². The van der Waals surface area contributed by atoms with Crippen LogP contribution in [0.1, 0.15) is 10.4 Å². The highest BCUT2D eigenvalue weighted by Gasteiger charge is 2.15. The Balaban J connectivity index is 2.66. The Labute approximate surface area is 93.4 Å². The minimum absolute atomic E-state index is 0.106. The Morgan fingerprint density at radius 3 is 3.00 bits per heavy atom. The van der Waals surface area contributed by atoms with E-state index in [1.54, 1.807) is 0 Å². The SMILES string of the molecule is COC(=O)c1cc2sc(Cl)nc2cc1F. The molecule has 6 heteroatoms. The summed E-state index contributed by atoms with van der Waals surface area (Å²) in [5.74, 6) is -1.37. The van der Waals surface area contributed by atoms with Crippen LogP contribution in [0.25, 0.3) is 10.2 Å². The molecule has 0 spiro atoms. The molecule has 0 unspecified atom stereocenters. The summed E-state index contributed by atoms with van der Waals surface area (Å²) in [6, 6.07) is 2.56. The number of rotatable bonds is 1. The third kappa shape index (κ3) is 1.80. The Bertz CT molecular complexity index is 540. The van der Waals surface area contributed by atoms with Gasteiger partial charge in [0.15, 0.2) is 4.47 Å². The summed E-state index contributed by atoms with van der Waals surface area (Å²) >= 11 is 6.85. The van der Waals surface area contributed by atoms with Crippen LogP contribution in [0.3, 0.4) is 0 Å². The zero-order valence-electron chi connectivity index (χ0n) is 7.58. The third-order valence-electron chi connectivity index (χ3n) is 1.86. The zero-order valence-corrected chi connectivity index (χ0v) is 9.16. The maximum Gasteiger partial charge on any atom is 0.340 e. The molecule has 1 heterocycles. The summed E-state index contributed by atoms with van der Waals surface area (Å²) in [6.07, 6.45) is 0. The Morgan fingerprint density at radius 1 is 1.60 bits per heavy atom. The molecule has 0 atom stereocenters. The fourth-order valence-electron chi connectivity index (χ4n) is 1.19. The number of carbonyl (C=O) groups excluding carboxylic acids is 1. The van der Waals surface area contributed by atoms with Crippen molar-refractivity contribution in [1.29, 1.82) is 0 Å². The molecule has 1 aromatic heterocycles. The molecule has 0 aliphatic heterocycles. The lowest BCUT2D eigenvalue weighted by Crippen LogP contribution is -2.03. The molecule has 0 saturated carbocycles. The van der Waals surface area contributed by atoms with Gasteiger partial charge in [-0.25, -0.2) is 14.2 Å². The largest absolute Gasteiger partial charge is 0.465 e. The van der Waals surface area contributed by atoms with Crippen LogP contribution in [-0.2, 0) is 4.74 Å². The van der Waals surface area contributed by atoms with Crippen molar-refractivity contribution in [3.05, 3.63) is 28.0 Å². The second-order valence-corrected chi connectivity index (χ2v) is 4.37. The molecule has 2 rings (SSSR count). The van der Waals surface area contributed by atoms with Crippen molar-refractivity contribution in [2.75, 3.05) is 7.11 Å². The summed E-state index contributed by atoms with van der Waals surface area (Å²) < 4.78 is 18.8. The lowest BCUT2D eigenvalue weighted by molar-refractivity contribution is 0.0596. The molecule has 0 aliphatic rings. The van der Waals surface area contributed by atoms with E-state index < -0.39 is 11.8 Å². The summed E-state index contributed by atoms with van der Waals surface area (Å²) in [5.41, 5.74) is 0.334. The van der Waals surface area contributed by atoms with Crippen molar-refractivity contribution in [2.45, 2.75) is 0 Å². The standard InChI is InChI=1S/C9H5ClFNO2S/c1-14-8(13)4-2-7-6(3-5(4)11)12-9(10)15-7/h2-3H,1H3. The van der Waals surface area contributed by atoms with E-state index in [0.717, 1.165) is 0 Å². The molecule has 0 fully saturated rings. The van der Waals surface area contributed by atoms with Crippen LogP contribution in [0.5, 0.6) is 0 Å². The normalized spacial score (nSPS) is 10.6. The van der Waals surface area contributed by atoms with Gasteiger partial charge >= 0.3 is 5.97 Å². The van der Waals surface area contributed by atoms with E-state index >= 15 is 0 Å². The Hall–Kier alpha value is -1.20.